The second-order valence-corrected chi connectivity index (χ2v) is 7.25. The number of hydrogen-bond acceptors (Lipinski definition) is 3. The Morgan fingerprint density at radius 3 is 2.86 bits per heavy atom. The molecule has 5 rings (SSSR count). The standard InChI is InChI=1S/C18H23NO2/c1-18-10-16-12(17(20)21-3)9-14(18)15(19(16)2)8-11-6-4-5-7-13(11)18/h4-7,12,14-16H,8-10H2,1-3H3. The Morgan fingerprint density at radius 2 is 2.10 bits per heavy atom. The van der Waals surface area contributed by atoms with E-state index in [0.29, 0.717) is 18.0 Å². The number of hydrogen-bond donors (Lipinski definition) is 0. The van der Waals surface area contributed by atoms with Gasteiger partial charge >= 0.3 is 5.97 Å². The molecule has 21 heavy (non-hydrogen) atoms. The predicted octanol–water partition coefficient (Wildman–Crippen LogP) is 2.38. The first-order valence-corrected chi connectivity index (χ1v) is 7.94. The van der Waals surface area contributed by atoms with Gasteiger partial charge in [-0.2, -0.15) is 0 Å². The van der Waals surface area contributed by atoms with E-state index in [1.807, 2.05) is 0 Å². The molecule has 2 aliphatic heterocycles. The molecule has 0 amide bonds. The topological polar surface area (TPSA) is 29.5 Å². The van der Waals surface area contributed by atoms with Gasteiger partial charge in [-0.15, -0.1) is 0 Å². The molecule has 4 bridgehead atoms. The van der Waals surface area contributed by atoms with E-state index < -0.39 is 0 Å². The number of ether oxygens (including phenoxy) is 1. The minimum atomic E-state index is -0.0220. The summed E-state index contributed by atoms with van der Waals surface area (Å²) in [5.41, 5.74) is 3.25. The van der Waals surface area contributed by atoms with Gasteiger partial charge in [0.15, 0.2) is 0 Å². The van der Waals surface area contributed by atoms with Crippen molar-refractivity contribution in [2.24, 2.45) is 11.8 Å². The zero-order chi connectivity index (χ0) is 14.8. The van der Waals surface area contributed by atoms with Crippen molar-refractivity contribution in [3.05, 3.63) is 35.4 Å². The number of carbonyl (C=O) groups is 1. The molecule has 0 spiro atoms. The van der Waals surface area contributed by atoms with Gasteiger partial charge in [-0.3, -0.25) is 9.69 Å². The quantitative estimate of drug-likeness (QED) is 0.742. The number of carbonyl (C=O) groups excluding carboxylic acids is 1. The zero-order valence-corrected chi connectivity index (χ0v) is 13.0. The van der Waals surface area contributed by atoms with Crippen LogP contribution in [0.15, 0.2) is 24.3 Å². The summed E-state index contributed by atoms with van der Waals surface area (Å²) in [7, 11) is 3.72. The van der Waals surface area contributed by atoms with Gasteiger partial charge in [-0.05, 0) is 48.8 Å². The van der Waals surface area contributed by atoms with E-state index in [4.69, 9.17) is 4.74 Å². The third-order valence-corrected chi connectivity index (χ3v) is 6.50. The number of piperidine rings is 2. The molecular weight excluding hydrogens is 262 g/mol. The van der Waals surface area contributed by atoms with E-state index in [1.54, 1.807) is 0 Å². The van der Waals surface area contributed by atoms with Crippen LogP contribution in [0.1, 0.15) is 30.9 Å². The number of esters is 1. The molecule has 0 radical (unpaired) electrons. The molecule has 1 aromatic rings. The van der Waals surface area contributed by atoms with Crippen LogP contribution in [0.25, 0.3) is 0 Å². The van der Waals surface area contributed by atoms with E-state index in [-0.39, 0.29) is 17.3 Å². The molecule has 2 aliphatic carbocycles. The van der Waals surface area contributed by atoms with Gasteiger partial charge < -0.3 is 4.74 Å². The van der Waals surface area contributed by atoms with E-state index >= 15 is 0 Å². The molecule has 0 aromatic heterocycles. The van der Waals surface area contributed by atoms with Crippen molar-refractivity contribution >= 4 is 5.97 Å². The molecule has 1 saturated carbocycles. The molecule has 1 aromatic carbocycles. The predicted molar refractivity (Wildman–Crippen MR) is 81.1 cm³/mol. The highest BCUT2D eigenvalue weighted by atomic mass is 16.5. The summed E-state index contributed by atoms with van der Waals surface area (Å²) in [5.74, 6) is 0.595. The fourth-order valence-corrected chi connectivity index (χ4v) is 5.44. The van der Waals surface area contributed by atoms with Crippen LogP contribution in [0.3, 0.4) is 0 Å². The maximum Gasteiger partial charge on any atom is 0.310 e. The largest absolute Gasteiger partial charge is 0.469 e. The summed E-state index contributed by atoms with van der Waals surface area (Å²) in [5, 5.41) is 0. The second kappa shape index (κ2) is 4.33. The molecule has 2 saturated heterocycles. The maximum atomic E-state index is 12.1. The lowest BCUT2D eigenvalue weighted by atomic mass is 9.50. The average molecular weight is 285 g/mol. The van der Waals surface area contributed by atoms with Crippen molar-refractivity contribution in [3.8, 4) is 0 Å². The van der Waals surface area contributed by atoms with Gasteiger partial charge in [0, 0.05) is 12.1 Å². The van der Waals surface area contributed by atoms with Gasteiger partial charge in [-0.1, -0.05) is 31.2 Å². The van der Waals surface area contributed by atoms with E-state index in [9.17, 15) is 4.79 Å². The lowest BCUT2D eigenvalue weighted by Crippen LogP contribution is -2.68. The van der Waals surface area contributed by atoms with Crippen LogP contribution in [-0.4, -0.2) is 37.1 Å². The molecular formula is C18H23NO2. The van der Waals surface area contributed by atoms with Crippen molar-refractivity contribution in [1.82, 2.24) is 4.90 Å². The number of benzene rings is 1. The summed E-state index contributed by atoms with van der Waals surface area (Å²) in [6.07, 6.45) is 3.18. The van der Waals surface area contributed by atoms with Crippen LogP contribution in [-0.2, 0) is 21.4 Å². The van der Waals surface area contributed by atoms with Crippen LogP contribution >= 0.6 is 0 Å². The number of rotatable bonds is 1. The Hall–Kier alpha value is -1.35. The van der Waals surface area contributed by atoms with Gasteiger partial charge in [0.1, 0.15) is 0 Å². The molecule has 3 heteroatoms. The summed E-state index contributed by atoms with van der Waals surface area (Å²) < 4.78 is 5.05. The van der Waals surface area contributed by atoms with Crippen LogP contribution in [0, 0.1) is 11.8 Å². The Bertz CT molecular complexity index is 599. The van der Waals surface area contributed by atoms with Gasteiger partial charge in [0.25, 0.3) is 0 Å². The number of methoxy groups -OCH3 is 1. The van der Waals surface area contributed by atoms with Gasteiger partial charge in [-0.25, -0.2) is 0 Å². The fraction of sp³-hybridized carbons (Fsp3) is 0.611. The molecule has 2 heterocycles. The minimum absolute atomic E-state index is 0.0220. The second-order valence-electron chi connectivity index (χ2n) is 7.25. The first-order valence-electron chi connectivity index (χ1n) is 7.94. The van der Waals surface area contributed by atoms with E-state index in [1.165, 1.54) is 18.2 Å². The molecule has 4 aliphatic rings. The lowest BCUT2D eigenvalue weighted by molar-refractivity contribution is -0.161. The van der Waals surface area contributed by atoms with Crippen molar-refractivity contribution in [3.63, 3.8) is 0 Å². The molecule has 3 fully saturated rings. The molecule has 5 unspecified atom stereocenters. The third-order valence-electron chi connectivity index (χ3n) is 6.50. The minimum Gasteiger partial charge on any atom is -0.469 e. The summed E-state index contributed by atoms with van der Waals surface area (Å²) in [4.78, 5) is 14.6. The summed E-state index contributed by atoms with van der Waals surface area (Å²) in [6, 6.07) is 9.80. The van der Waals surface area contributed by atoms with Gasteiger partial charge in [0.05, 0.1) is 13.0 Å². The Labute approximate surface area is 126 Å². The smallest absolute Gasteiger partial charge is 0.310 e. The van der Waals surface area contributed by atoms with Crippen molar-refractivity contribution in [2.75, 3.05) is 14.2 Å². The highest BCUT2D eigenvalue weighted by Crippen LogP contribution is 2.57. The van der Waals surface area contributed by atoms with Crippen molar-refractivity contribution in [1.29, 1.82) is 0 Å². The zero-order valence-electron chi connectivity index (χ0n) is 13.0. The third kappa shape index (κ3) is 1.61. The first-order chi connectivity index (χ1) is 10.1. The normalized spacial score (nSPS) is 40.7. The number of likely N-dealkylation sites (N-methyl/N-ethyl adjacent to an activating group) is 1. The fourth-order valence-electron chi connectivity index (χ4n) is 5.44. The Morgan fingerprint density at radius 1 is 1.33 bits per heavy atom. The molecule has 0 N–H and O–H groups in total. The number of fused-ring (bicyclic) bond motifs is 2. The average Bonchev–Trinajstić information content (AvgIpc) is 2.50. The Kier molecular flexibility index (Phi) is 2.74. The molecule has 112 valence electrons. The van der Waals surface area contributed by atoms with Gasteiger partial charge in [0.2, 0.25) is 0 Å². The lowest BCUT2D eigenvalue weighted by Gasteiger charge is -2.63. The highest BCUT2D eigenvalue weighted by Gasteiger charge is 2.60. The monoisotopic (exact) mass is 285 g/mol. The Balaban J connectivity index is 1.79. The van der Waals surface area contributed by atoms with E-state index in [0.717, 1.165) is 19.3 Å². The van der Waals surface area contributed by atoms with Crippen LogP contribution in [0.4, 0.5) is 0 Å². The van der Waals surface area contributed by atoms with Crippen molar-refractivity contribution < 1.29 is 9.53 Å². The summed E-state index contributed by atoms with van der Waals surface area (Å²) in [6.45, 7) is 2.41. The summed E-state index contributed by atoms with van der Waals surface area (Å²) >= 11 is 0. The first kappa shape index (κ1) is 13.3. The maximum absolute atomic E-state index is 12.1. The highest BCUT2D eigenvalue weighted by molar-refractivity contribution is 5.74. The van der Waals surface area contributed by atoms with Crippen molar-refractivity contribution in [2.45, 2.75) is 43.7 Å². The SMILES string of the molecule is COC(=O)C1CC2C3Cc4ccccc4C2(C)CC1N3C. The van der Waals surface area contributed by atoms with Crippen LogP contribution < -0.4 is 0 Å². The van der Waals surface area contributed by atoms with Crippen LogP contribution in [0.5, 0.6) is 0 Å². The van der Waals surface area contributed by atoms with Crippen LogP contribution in [0.2, 0.25) is 0 Å². The number of nitrogens with zero attached hydrogens (tertiary/aromatic N) is 1. The van der Waals surface area contributed by atoms with E-state index in [2.05, 4.69) is 43.1 Å². The molecule has 5 atom stereocenters. The molecule has 3 nitrogen and oxygen atoms in total.